The largest absolute Gasteiger partial charge is 0.496 e. The maximum absolute atomic E-state index is 8.94. The van der Waals surface area contributed by atoms with Crippen LogP contribution in [0, 0.1) is 6.92 Å². The van der Waals surface area contributed by atoms with Gasteiger partial charge in [0.05, 0.1) is 12.8 Å². The number of hydrogen-bond donors (Lipinski definition) is 3. The predicted molar refractivity (Wildman–Crippen MR) is 139 cm³/mol. The number of anilines is 1. The molecule has 0 radical (unpaired) electrons. The minimum absolute atomic E-state index is 0.0547. The number of carbonyl (C=O) groups is 1. The minimum Gasteiger partial charge on any atom is -0.496 e. The third kappa shape index (κ3) is 6.73. The van der Waals surface area contributed by atoms with Gasteiger partial charge < -0.3 is 14.5 Å². The molecular weight excluding hydrogens is 428 g/mol. The first-order valence-corrected chi connectivity index (χ1v) is 11.0. The number of nitrogens with one attached hydrogen (secondary N) is 1. The van der Waals surface area contributed by atoms with Crippen LogP contribution >= 0.6 is 0 Å². The summed E-state index contributed by atoms with van der Waals surface area (Å²) >= 11 is 0. The Balaban J connectivity index is 0.000000945. The SMILES string of the molecule is COc1ccccc1-c1ccc(OCc2c(C)cccc2N(C)N)cc1C(C)(C)C.NNC=O. The molecule has 0 saturated carbocycles. The standard InChI is InChI=1S/C26H32N2O2.CH4N2O/c1-18-10-9-12-24(28(5)27)22(18)17-30-19-14-15-20(23(16-19)26(2,3)4)21-11-7-8-13-25(21)29-6;2-3-1-4/h7-16H,17,27H2,1-6H3;1H,2H2,(H,3,4). The topological polar surface area (TPSA) is 103 Å². The van der Waals surface area contributed by atoms with Crippen LogP contribution in [0.25, 0.3) is 11.1 Å². The van der Waals surface area contributed by atoms with Crippen LogP contribution in [0.3, 0.4) is 0 Å². The van der Waals surface area contributed by atoms with Gasteiger partial charge in [-0.1, -0.05) is 57.2 Å². The van der Waals surface area contributed by atoms with E-state index in [1.54, 1.807) is 17.5 Å². The number of amides is 1. The second-order valence-corrected chi connectivity index (χ2v) is 8.91. The smallest absolute Gasteiger partial charge is 0.221 e. The highest BCUT2D eigenvalue weighted by molar-refractivity contribution is 5.75. The molecule has 5 N–H and O–H groups in total. The van der Waals surface area contributed by atoms with Gasteiger partial charge in [0, 0.05) is 18.2 Å². The molecule has 0 aromatic heterocycles. The number of benzene rings is 3. The summed E-state index contributed by atoms with van der Waals surface area (Å²) in [7, 11) is 3.55. The second-order valence-electron chi connectivity index (χ2n) is 8.91. The number of methoxy groups -OCH3 is 1. The van der Waals surface area contributed by atoms with Crippen molar-refractivity contribution in [3.63, 3.8) is 0 Å². The van der Waals surface area contributed by atoms with Crippen LogP contribution in [0.4, 0.5) is 5.69 Å². The van der Waals surface area contributed by atoms with Crippen molar-refractivity contribution < 1.29 is 14.3 Å². The van der Waals surface area contributed by atoms with E-state index < -0.39 is 0 Å². The van der Waals surface area contributed by atoms with Crippen molar-refractivity contribution >= 4 is 12.1 Å². The fourth-order valence-electron chi connectivity index (χ4n) is 3.70. The number of aryl methyl sites for hydroxylation is 1. The van der Waals surface area contributed by atoms with Crippen molar-refractivity contribution in [3.8, 4) is 22.6 Å². The second kappa shape index (κ2) is 12.1. The summed E-state index contributed by atoms with van der Waals surface area (Å²) in [4.78, 5) is 8.94. The molecule has 0 saturated heterocycles. The van der Waals surface area contributed by atoms with Crippen molar-refractivity contribution in [3.05, 3.63) is 77.4 Å². The summed E-state index contributed by atoms with van der Waals surface area (Å²) in [6.45, 7) is 9.19. The maximum atomic E-state index is 8.94. The lowest BCUT2D eigenvalue weighted by Crippen LogP contribution is -2.26. The van der Waals surface area contributed by atoms with Crippen LogP contribution < -0.4 is 31.6 Å². The van der Waals surface area contributed by atoms with Gasteiger partial charge in [0.2, 0.25) is 6.41 Å². The van der Waals surface area contributed by atoms with Crippen molar-refractivity contribution in [2.75, 3.05) is 19.2 Å². The highest BCUT2D eigenvalue weighted by atomic mass is 16.5. The van der Waals surface area contributed by atoms with E-state index in [0.717, 1.165) is 39.4 Å². The number of nitrogens with zero attached hydrogens (tertiary/aromatic N) is 1. The molecule has 7 heteroatoms. The fraction of sp³-hybridized carbons (Fsp3) is 0.296. The van der Waals surface area contributed by atoms with Crippen LogP contribution in [-0.2, 0) is 16.8 Å². The Kier molecular flexibility index (Phi) is 9.47. The molecule has 3 aromatic carbocycles. The molecule has 7 nitrogen and oxygen atoms in total. The Morgan fingerprint density at radius 1 is 1.03 bits per heavy atom. The third-order valence-electron chi connectivity index (χ3n) is 5.41. The van der Waals surface area contributed by atoms with Crippen LogP contribution in [0.2, 0.25) is 0 Å². The number of nitrogens with two attached hydrogens (primary N) is 2. The Bertz CT molecular complexity index is 1090. The highest BCUT2D eigenvalue weighted by Crippen LogP contribution is 2.39. The normalized spacial score (nSPS) is 10.6. The molecule has 0 aliphatic heterocycles. The number of hydrazine groups is 2. The molecule has 0 fully saturated rings. The van der Waals surface area contributed by atoms with E-state index >= 15 is 0 Å². The van der Waals surface area contributed by atoms with Crippen molar-refractivity contribution in [1.82, 2.24) is 5.43 Å². The molecule has 34 heavy (non-hydrogen) atoms. The molecule has 0 spiro atoms. The highest BCUT2D eigenvalue weighted by Gasteiger charge is 2.21. The summed E-state index contributed by atoms with van der Waals surface area (Å²) in [5.74, 6) is 12.1. The van der Waals surface area contributed by atoms with Gasteiger partial charge in [0.25, 0.3) is 0 Å². The van der Waals surface area contributed by atoms with E-state index in [2.05, 4.69) is 57.8 Å². The molecule has 0 aliphatic rings. The number of hydrogen-bond acceptors (Lipinski definition) is 6. The molecule has 0 aliphatic carbocycles. The van der Waals surface area contributed by atoms with E-state index in [4.69, 9.17) is 20.1 Å². The average Bonchev–Trinajstić information content (AvgIpc) is 2.82. The zero-order chi connectivity index (χ0) is 25.3. The van der Waals surface area contributed by atoms with Gasteiger partial charge in [0.15, 0.2) is 0 Å². The number of ether oxygens (including phenoxy) is 2. The molecule has 0 bridgehead atoms. The van der Waals surface area contributed by atoms with Gasteiger partial charge in [-0.15, -0.1) is 0 Å². The fourth-order valence-corrected chi connectivity index (χ4v) is 3.70. The zero-order valence-corrected chi connectivity index (χ0v) is 20.9. The molecule has 3 aromatic rings. The van der Waals surface area contributed by atoms with Crippen LogP contribution in [0.15, 0.2) is 60.7 Å². The molecule has 1 amide bonds. The Labute approximate surface area is 202 Å². The number of carbonyl (C=O) groups excluding carboxylic acids is 1. The first-order chi connectivity index (χ1) is 16.1. The van der Waals surface area contributed by atoms with Crippen LogP contribution in [0.1, 0.15) is 37.5 Å². The van der Waals surface area contributed by atoms with Gasteiger partial charge in [-0.2, -0.15) is 0 Å². The van der Waals surface area contributed by atoms with Gasteiger partial charge in [-0.05, 0) is 53.3 Å². The first kappa shape index (κ1) is 26.7. The number of para-hydroxylation sites is 1. The summed E-state index contributed by atoms with van der Waals surface area (Å²) in [5.41, 5.74) is 8.37. The van der Waals surface area contributed by atoms with Gasteiger partial charge in [0.1, 0.15) is 18.1 Å². The van der Waals surface area contributed by atoms with E-state index in [1.807, 2.05) is 43.4 Å². The van der Waals surface area contributed by atoms with Gasteiger partial charge >= 0.3 is 0 Å². The number of rotatable bonds is 7. The van der Waals surface area contributed by atoms with Crippen molar-refractivity contribution in [1.29, 1.82) is 0 Å². The molecule has 0 atom stereocenters. The summed E-state index contributed by atoms with van der Waals surface area (Å²) in [6.07, 6.45) is 0.403. The Morgan fingerprint density at radius 2 is 1.71 bits per heavy atom. The lowest BCUT2D eigenvalue weighted by molar-refractivity contribution is -0.109. The van der Waals surface area contributed by atoms with Crippen LogP contribution in [-0.4, -0.2) is 20.6 Å². The van der Waals surface area contributed by atoms with E-state index in [9.17, 15) is 0 Å². The lowest BCUT2D eigenvalue weighted by Gasteiger charge is -2.25. The van der Waals surface area contributed by atoms with Gasteiger partial charge in [-0.3, -0.25) is 10.2 Å². The van der Waals surface area contributed by atoms with E-state index in [0.29, 0.717) is 13.0 Å². The summed E-state index contributed by atoms with van der Waals surface area (Å²) in [5, 5.41) is 1.64. The molecular formula is C27H36N4O3. The minimum atomic E-state index is -0.0547. The molecule has 3 rings (SSSR count). The van der Waals surface area contributed by atoms with Crippen molar-refractivity contribution in [2.24, 2.45) is 11.7 Å². The molecule has 182 valence electrons. The summed E-state index contributed by atoms with van der Waals surface area (Å²) < 4.78 is 11.8. The maximum Gasteiger partial charge on any atom is 0.221 e. The van der Waals surface area contributed by atoms with Crippen LogP contribution in [0.5, 0.6) is 11.5 Å². The lowest BCUT2D eigenvalue weighted by atomic mass is 9.81. The average molecular weight is 465 g/mol. The molecule has 0 heterocycles. The third-order valence-corrected chi connectivity index (χ3v) is 5.41. The first-order valence-electron chi connectivity index (χ1n) is 11.0. The van der Waals surface area contributed by atoms with Crippen molar-refractivity contribution in [2.45, 2.75) is 39.7 Å². The van der Waals surface area contributed by atoms with E-state index in [1.165, 1.54) is 5.56 Å². The monoisotopic (exact) mass is 464 g/mol. The Morgan fingerprint density at radius 3 is 2.29 bits per heavy atom. The van der Waals surface area contributed by atoms with E-state index in [-0.39, 0.29) is 5.41 Å². The molecule has 0 unspecified atom stereocenters. The predicted octanol–water partition coefficient (Wildman–Crippen LogP) is 4.46. The quantitative estimate of drug-likeness (QED) is 0.206. The zero-order valence-electron chi connectivity index (χ0n) is 20.9. The van der Waals surface area contributed by atoms with Gasteiger partial charge in [-0.25, -0.2) is 11.7 Å². The summed E-state index contributed by atoms with van der Waals surface area (Å²) in [6, 6.07) is 20.5. The Hall–Kier alpha value is -3.55.